The number of thioether (sulfide) groups is 1. The van der Waals surface area contributed by atoms with Crippen LogP contribution < -0.4 is 4.74 Å². The molecule has 4 rings (SSSR count). The van der Waals surface area contributed by atoms with Crippen LogP contribution in [0, 0.1) is 0 Å². The van der Waals surface area contributed by atoms with Gasteiger partial charge in [0.2, 0.25) is 11.8 Å². The Balaban J connectivity index is 1.38. The van der Waals surface area contributed by atoms with Crippen LogP contribution in [0.4, 0.5) is 8.78 Å². The van der Waals surface area contributed by atoms with E-state index in [0.29, 0.717) is 22.4 Å². The largest absolute Gasteiger partial charge is 0.444 e. The zero-order valence-electron chi connectivity index (χ0n) is 14.3. The minimum atomic E-state index is -2.86. The fraction of sp³-hybridized carbons (Fsp3) is 0.105. The predicted molar refractivity (Wildman–Crippen MR) is 97.9 cm³/mol. The summed E-state index contributed by atoms with van der Waals surface area (Å²) in [4.78, 5) is 4.44. The van der Waals surface area contributed by atoms with Crippen molar-refractivity contribution in [1.82, 2.24) is 15.2 Å². The summed E-state index contributed by atoms with van der Waals surface area (Å²) in [6.07, 6.45) is 1.59. The maximum atomic E-state index is 12.2. The van der Waals surface area contributed by atoms with Crippen LogP contribution in [0.3, 0.4) is 0 Å². The molecule has 0 radical (unpaired) electrons. The number of halogens is 2. The van der Waals surface area contributed by atoms with Gasteiger partial charge in [-0.2, -0.15) is 8.78 Å². The number of oxazole rings is 1. The SMILES string of the molecule is FC(F)Oc1ccc(-c2nnc(SCc3coc(-c4ccccc4)n3)o2)cc1. The first-order chi connectivity index (χ1) is 13.7. The topological polar surface area (TPSA) is 74.2 Å². The summed E-state index contributed by atoms with van der Waals surface area (Å²) < 4.78 is 39.8. The van der Waals surface area contributed by atoms with Crippen LogP contribution in [-0.2, 0) is 5.75 Å². The van der Waals surface area contributed by atoms with Gasteiger partial charge in [-0.25, -0.2) is 4.98 Å². The summed E-state index contributed by atoms with van der Waals surface area (Å²) in [6.45, 7) is -2.86. The maximum absolute atomic E-state index is 12.2. The van der Waals surface area contributed by atoms with Crippen LogP contribution in [0.5, 0.6) is 5.75 Å². The van der Waals surface area contributed by atoms with Crippen molar-refractivity contribution in [3.05, 3.63) is 66.6 Å². The molecule has 0 atom stereocenters. The van der Waals surface area contributed by atoms with Gasteiger partial charge >= 0.3 is 6.61 Å². The van der Waals surface area contributed by atoms with Gasteiger partial charge in [-0.05, 0) is 36.4 Å². The molecular formula is C19H13F2N3O3S. The minimum Gasteiger partial charge on any atom is -0.444 e. The van der Waals surface area contributed by atoms with Gasteiger partial charge in [-0.3, -0.25) is 0 Å². The number of alkyl halides is 2. The molecule has 0 spiro atoms. The lowest BCUT2D eigenvalue weighted by atomic mass is 10.2. The maximum Gasteiger partial charge on any atom is 0.387 e. The van der Waals surface area contributed by atoms with Gasteiger partial charge in [0.05, 0.1) is 5.69 Å². The van der Waals surface area contributed by atoms with E-state index in [1.165, 1.54) is 23.9 Å². The molecule has 0 amide bonds. The lowest BCUT2D eigenvalue weighted by Gasteiger charge is -2.03. The Morgan fingerprint density at radius 2 is 1.68 bits per heavy atom. The smallest absolute Gasteiger partial charge is 0.387 e. The third-order valence-corrected chi connectivity index (χ3v) is 4.50. The highest BCUT2D eigenvalue weighted by Crippen LogP contribution is 2.28. The highest BCUT2D eigenvalue weighted by atomic mass is 32.2. The molecule has 0 N–H and O–H groups in total. The van der Waals surface area contributed by atoms with Gasteiger partial charge < -0.3 is 13.6 Å². The number of benzene rings is 2. The van der Waals surface area contributed by atoms with Gasteiger partial charge in [-0.15, -0.1) is 10.2 Å². The molecule has 9 heteroatoms. The number of ether oxygens (including phenoxy) is 1. The first-order valence-corrected chi connectivity index (χ1v) is 9.17. The first-order valence-electron chi connectivity index (χ1n) is 8.19. The van der Waals surface area contributed by atoms with Crippen molar-refractivity contribution in [1.29, 1.82) is 0 Å². The van der Waals surface area contributed by atoms with E-state index in [4.69, 9.17) is 8.83 Å². The van der Waals surface area contributed by atoms with Crippen molar-refractivity contribution in [2.24, 2.45) is 0 Å². The summed E-state index contributed by atoms with van der Waals surface area (Å²) in [6, 6.07) is 15.6. The Morgan fingerprint density at radius 3 is 2.43 bits per heavy atom. The van der Waals surface area contributed by atoms with Crippen LogP contribution in [0.25, 0.3) is 22.9 Å². The highest BCUT2D eigenvalue weighted by Gasteiger charge is 2.12. The summed E-state index contributed by atoms with van der Waals surface area (Å²) in [5, 5.41) is 8.32. The van der Waals surface area contributed by atoms with Gasteiger partial charge in [0, 0.05) is 16.9 Å². The van der Waals surface area contributed by atoms with E-state index in [9.17, 15) is 8.78 Å². The Kier molecular flexibility index (Phi) is 5.34. The predicted octanol–water partition coefficient (Wildman–Crippen LogP) is 5.29. The molecule has 2 heterocycles. The van der Waals surface area contributed by atoms with Crippen molar-refractivity contribution in [3.8, 4) is 28.7 Å². The van der Waals surface area contributed by atoms with Gasteiger partial charge in [0.25, 0.3) is 5.22 Å². The highest BCUT2D eigenvalue weighted by molar-refractivity contribution is 7.98. The molecule has 0 aliphatic carbocycles. The molecule has 0 unspecified atom stereocenters. The van der Waals surface area contributed by atoms with Gasteiger partial charge in [0.15, 0.2) is 0 Å². The normalized spacial score (nSPS) is 11.1. The number of hydrogen-bond donors (Lipinski definition) is 0. The van der Waals surface area contributed by atoms with E-state index in [1.54, 1.807) is 18.4 Å². The van der Waals surface area contributed by atoms with Crippen molar-refractivity contribution >= 4 is 11.8 Å². The van der Waals surface area contributed by atoms with Crippen LogP contribution in [0.1, 0.15) is 5.69 Å². The lowest BCUT2D eigenvalue weighted by Crippen LogP contribution is -2.01. The Bertz CT molecular complexity index is 1040. The fourth-order valence-electron chi connectivity index (χ4n) is 2.39. The van der Waals surface area contributed by atoms with Gasteiger partial charge in [-0.1, -0.05) is 30.0 Å². The van der Waals surface area contributed by atoms with Crippen LogP contribution in [0.2, 0.25) is 0 Å². The molecule has 28 heavy (non-hydrogen) atoms. The summed E-state index contributed by atoms with van der Waals surface area (Å²) in [7, 11) is 0. The fourth-order valence-corrected chi connectivity index (χ4v) is 3.03. The van der Waals surface area contributed by atoms with E-state index in [-0.39, 0.29) is 11.6 Å². The molecule has 2 aromatic carbocycles. The van der Waals surface area contributed by atoms with E-state index in [2.05, 4.69) is 19.9 Å². The van der Waals surface area contributed by atoms with Crippen molar-refractivity contribution < 1.29 is 22.4 Å². The third-order valence-electron chi connectivity index (χ3n) is 3.65. The quantitative estimate of drug-likeness (QED) is 0.390. The second-order valence-electron chi connectivity index (χ2n) is 5.57. The average Bonchev–Trinajstić information content (AvgIpc) is 3.37. The van der Waals surface area contributed by atoms with E-state index in [0.717, 1.165) is 11.3 Å². The minimum absolute atomic E-state index is 0.0631. The second kappa shape index (κ2) is 8.22. The van der Waals surface area contributed by atoms with Crippen LogP contribution in [0.15, 0.2) is 74.9 Å². The molecule has 4 aromatic rings. The van der Waals surface area contributed by atoms with Crippen molar-refractivity contribution in [2.45, 2.75) is 17.6 Å². The number of rotatable bonds is 7. The first kappa shape index (κ1) is 18.2. The molecule has 6 nitrogen and oxygen atoms in total. The summed E-state index contributed by atoms with van der Waals surface area (Å²) in [5.74, 6) is 1.40. The Morgan fingerprint density at radius 1 is 0.929 bits per heavy atom. The zero-order chi connectivity index (χ0) is 19.3. The monoisotopic (exact) mass is 401 g/mol. The Hall–Kier alpha value is -3.20. The molecule has 0 bridgehead atoms. The summed E-state index contributed by atoms with van der Waals surface area (Å²) >= 11 is 1.32. The molecule has 0 aliphatic heterocycles. The standard InChI is InChI=1S/C19H13F2N3O3S/c20-18(21)26-15-8-6-13(7-9-15)17-23-24-19(27-17)28-11-14-10-25-16(22-14)12-4-2-1-3-5-12/h1-10,18H,11H2. The molecule has 2 aromatic heterocycles. The molecule has 142 valence electrons. The molecule has 0 saturated carbocycles. The third kappa shape index (κ3) is 4.37. The summed E-state index contributed by atoms with van der Waals surface area (Å²) in [5.41, 5.74) is 2.25. The molecule has 0 fully saturated rings. The number of hydrogen-bond acceptors (Lipinski definition) is 7. The van der Waals surface area contributed by atoms with Crippen molar-refractivity contribution in [2.75, 3.05) is 0 Å². The zero-order valence-corrected chi connectivity index (χ0v) is 15.1. The number of aromatic nitrogens is 3. The molecular weight excluding hydrogens is 388 g/mol. The average molecular weight is 401 g/mol. The molecule has 0 saturated heterocycles. The van der Waals surface area contributed by atoms with Crippen LogP contribution in [-0.4, -0.2) is 21.8 Å². The lowest BCUT2D eigenvalue weighted by molar-refractivity contribution is -0.0498. The van der Waals surface area contributed by atoms with E-state index in [1.807, 2.05) is 30.3 Å². The Labute approximate surface area is 162 Å². The second-order valence-corrected chi connectivity index (χ2v) is 6.50. The van der Waals surface area contributed by atoms with Crippen LogP contribution >= 0.6 is 11.8 Å². The molecule has 0 aliphatic rings. The van der Waals surface area contributed by atoms with E-state index >= 15 is 0 Å². The number of nitrogens with zero attached hydrogens (tertiary/aromatic N) is 3. The van der Waals surface area contributed by atoms with Crippen molar-refractivity contribution in [3.63, 3.8) is 0 Å². The van der Waals surface area contributed by atoms with E-state index < -0.39 is 6.61 Å². The van der Waals surface area contributed by atoms with Gasteiger partial charge in [0.1, 0.15) is 12.0 Å².